The highest BCUT2D eigenvalue weighted by Gasteiger charge is 2.10. The van der Waals surface area contributed by atoms with Crippen molar-refractivity contribution in [2.75, 3.05) is 11.1 Å². The van der Waals surface area contributed by atoms with Gasteiger partial charge in [-0.05, 0) is 19.1 Å². The van der Waals surface area contributed by atoms with E-state index < -0.39 is 0 Å². The summed E-state index contributed by atoms with van der Waals surface area (Å²) in [6.45, 7) is 2.05. The van der Waals surface area contributed by atoms with E-state index in [0.717, 1.165) is 22.4 Å². The Morgan fingerprint density at radius 3 is 2.89 bits per heavy atom. The van der Waals surface area contributed by atoms with Gasteiger partial charge in [0.2, 0.25) is 0 Å². The van der Waals surface area contributed by atoms with E-state index in [4.69, 9.17) is 5.73 Å². The van der Waals surface area contributed by atoms with Crippen LogP contribution in [0.3, 0.4) is 0 Å². The molecule has 0 saturated carbocycles. The zero-order valence-electron chi connectivity index (χ0n) is 10.6. The van der Waals surface area contributed by atoms with E-state index in [1.54, 1.807) is 12.4 Å². The first-order chi connectivity index (χ1) is 9.25. The van der Waals surface area contributed by atoms with Gasteiger partial charge in [0.15, 0.2) is 0 Å². The molecule has 0 aliphatic carbocycles. The number of H-pyrrole nitrogens is 1. The fourth-order valence-electron chi connectivity index (χ4n) is 2.14. The van der Waals surface area contributed by atoms with Gasteiger partial charge < -0.3 is 16.0 Å². The zero-order chi connectivity index (χ0) is 13.2. The van der Waals surface area contributed by atoms with Crippen molar-refractivity contribution < 1.29 is 0 Å². The molecule has 0 amide bonds. The molecule has 0 aliphatic rings. The van der Waals surface area contributed by atoms with Crippen molar-refractivity contribution >= 4 is 22.3 Å². The van der Waals surface area contributed by atoms with Gasteiger partial charge in [-0.1, -0.05) is 12.1 Å². The lowest BCUT2D eigenvalue weighted by atomic mass is 10.1. The number of aromatic nitrogens is 3. The number of pyridine rings is 1. The number of fused-ring (bicyclic) bond motifs is 1. The van der Waals surface area contributed by atoms with Crippen LogP contribution in [0.5, 0.6) is 0 Å². The van der Waals surface area contributed by atoms with Gasteiger partial charge >= 0.3 is 0 Å². The molecular weight excluding hydrogens is 238 g/mol. The highest BCUT2D eigenvalue weighted by Crippen LogP contribution is 2.27. The average Bonchev–Trinajstić information content (AvgIpc) is 2.94. The van der Waals surface area contributed by atoms with E-state index in [1.165, 1.54) is 0 Å². The van der Waals surface area contributed by atoms with Crippen LogP contribution in [-0.4, -0.2) is 15.0 Å². The van der Waals surface area contributed by atoms with Crippen molar-refractivity contribution in [3.05, 3.63) is 48.7 Å². The van der Waals surface area contributed by atoms with Gasteiger partial charge in [-0.15, -0.1) is 0 Å². The van der Waals surface area contributed by atoms with Crippen molar-refractivity contribution in [2.45, 2.75) is 13.0 Å². The molecule has 5 heteroatoms. The number of hydrogen-bond acceptors (Lipinski definition) is 4. The number of nitrogens with zero attached hydrogens (tertiary/aromatic N) is 2. The number of benzene rings is 1. The predicted octanol–water partition coefficient (Wildman–Crippen LogP) is 2.71. The van der Waals surface area contributed by atoms with Crippen molar-refractivity contribution in [1.29, 1.82) is 0 Å². The second-order valence-electron chi connectivity index (χ2n) is 4.44. The summed E-state index contributed by atoms with van der Waals surface area (Å²) in [6.07, 6.45) is 5.32. The molecular formula is C14H15N5. The van der Waals surface area contributed by atoms with Crippen LogP contribution >= 0.6 is 0 Å². The molecule has 19 heavy (non-hydrogen) atoms. The van der Waals surface area contributed by atoms with Crippen LogP contribution in [0, 0.1) is 0 Å². The number of aromatic amines is 1. The molecule has 1 aromatic carbocycles. The normalized spacial score (nSPS) is 12.5. The lowest BCUT2D eigenvalue weighted by Gasteiger charge is -2.15. The van der Waals surface area contributed by atoms with Gasteiger partial charge in [0, 0.05) is 29.7 Å². The minimum Gasteiger partial charge on any atom is -0.397 e. The SMILES string of the molecule is CC(Nc1ccnc2c(N)cccc12)c1ncc[nH]1. The van der Waals surface area contributed by atoms with Gasteiger partial charge in [-0.3, -0.25) is 4.98 Å². The number of nitrogen functional groups attached to an aromatic ring is 1. The highest BCUT2D eigenvalue weighted by atomic mass is 15.0. The summed E-state index contributed by atoms with van der Waals surface area (Å²) in [5, 5.41) is 4.44. The molecule has 4 N–H and O–H groups in total. The molecule has 0 radical (unpaired) electrons. The summed E-state index contributed by atoms with van der Waals surface area (Å²) in [6, 6.07) is 7.83. The van der Waals surface area contributed by atoms with Crippen LogP contribution in [-0.2, 0) is 0 Å². The molecule has 0 aliphatic heterocycles. The Morgan fingerprint density at radius 1 is 1.21 bits per heavy atom. The van der Waals surface area contributed by atoms with Gasteiger partial charge in [0.25, 0.3) is 0 Å². The Hall–Kier alpha value is -2.56. The fourth-order valence-corrected chi connectivity index (χ4v) is 2.14. The Bertz CT molecular complexity index is 690. The maximum atomic E-state index is 5.94. The van der Waals surface area contributed by atoms with E-state index in [1.807, 2.05) is 30.5 Å². The van der Waals surface area contributed by atoms with Gasteiger partial charge in [0.05, 0.1) is 17.2 Å². The lowest BCUT2D eigenvalue weighted by Crippen LogP contribution is -2.09. The standard InChI is InChI=1S/C14H15N5/c1-9(14-17-7-8-18-14)19-12-5-6-16-13-10(12)3-2-4-11(13)15/h2-9H,15H2,1H3,(H,16,19)(H,17,18). The third kappa shape index (κ3) is 2.10. The highest BCUT2D eigenvalue weighted by molar-refractivity contribution is 5.97. The van der Waals surface area contributed by atoms with Crippen LogP contribution in [0.15, 0.2) is 42.9 Å². The molecule has 0 spiro atoms. The Morgan fingerprint density at radius 2 is 2.11 bits per heavy atom. The maximum absolute atomic E-state index is 5.94. The van der Waals surface area contributed by atoms with E-state index in [-0.39, 0.29) is 6.04 Å². The second kappa shape index (κ2) is 4.61. The van der Waals surface area contributed by atoms with E-state index in [2.05, 4.69) is 27.2 Å². The van der Waals surface area contributed by atoms with Crippen molar-refractivity contribution in [3.63, 3.8) is 0 Å². The largest absolute Gasteiger partial charge is 0.397 e. The number of rotatable bonds is 3. The monoisotopic (exact) mass is 253 g/mol. The second-order valence-corrected chi connectivity index (χ2v) is 4.44. The summed E-state index contributed by atoms with van der Waals surface area (Å²) in [5.74, 6) is 0.897. The quantitative estimate of drug-likeness (QED) is 0.627. The molecule has 0 saturated heterocycles. The van der Waals surface area contributed by atoms with Crippen LogP contribution < -0.4 is 11.1 Å². The molecule has 0 bridgehead atoms. The molecule has 2 heterocycles. The van der Waals surface area contributed by atoms with Crippen molar-refractivity contribution in [2.24, 2.45) is 0 Å². The number of hydrogen-bond donors (Lipinski definition) is 3. The molecule has 3 aromatic rings. The van der Waals surface area contributed by atoms with Crippen molar-refractivity contribution in [3.8, 4) is 0 Å². The molecule has 96 valence electrons. The van der Waals surface area contributed by atoms with Crippen LogP contribution in [0.1, 0.15) is 18.8 Å². The van der Waals surface area contributed by atoms with Gasteiger partial charge in [-0.2, -0.15) is 0 Å². The molecule has 0 fully saturated rings. The Kier molecular flexibility index (Phi) is 2.79. The predicted molar refractivity (Wildman–Crippen MR) is 76.8 cm³/mol. The Labute approximate surface area is 110 Å². The molecule has 2 aromatic heterocycles. The molecule has 5 nitrogen and oxygen atoms in total. The number of nitrogens with one attached hydrogen (secondary N) is 2. The molecule has 1 atom stereocenters. The van der Waals surface area contributed by atoms with Crippen molar-refractivity contribution in [1.82, 2.24) is 15.0 Å². The van der Waals surface area contributed by atoms with E-state index >= 15 is 0 Å². The number of nitrogens with two attached hydrogens (primary N) is 1. The first-order valence-corrected chi connectivity index (χ1v) is 6.15. The minimum atomic E-state index is 0.0852. The number of anilines is 2. The fraction of sp³-hybridized carbons (Fsp3) is 0.143. The van der Waals surface area contributed by atoms with Crippen LogP contribution in [0.4, 0.5) is 11.4 Å². The van der Waals surface area contributed by atoms with Crippen LogP contribution in [0.25, 0.3) is 10.9 Å². The number of imidazole rings is 1. The lowest BCUT2D eigenvalue weighted by molar-refractivity contribution is 0.811. The van der Waals surface area contributed by atoms with Crippen LogP contribution in [0.2, 0.25) is 0 Å². The zero-order valence-corrected chi connectivity index (χ0v) is 10.6. The first-order valence-electron chi connectivity index (χ1n) is 6.15. The minimum absolute atomic E-state index is 0.0852. The average molecular weight is 253 g/mol. The van der Waals surface area contributed by atoms with Gasteiger partial charge in [0.1, 0.15) is 5.82 Å². The smallest absolute Gasteiger partial charge is 0.128 e. The third-order valence-electron chi connectivity index (χ3n) is 3.10. The third-order valence-corrected chi connectivity index (χ3v) is 3.10. The van der Waals surface area contributed by atoms with Gasteiger partial charge in [-0.25, -0.2) is 4.98 Å². The van der Waals surface area contributed by atoms with E-state index in [0.29, 0.717) is 5.69 Å². The summed E-state index contributed by atoms with van der Waals surface area (Å²) >= 11 is 0. The molecule has 1 unspecified atom stereocenters. The first kappa shape index (κ1) is 11.5. The molecule has 3 rings (SSSR count). The summed E-state index contributed by atoms with van der Waals surface area (Å²) in [4.78, 5) is 11.7. The Balaban J connectivity index is 1.99. The summed E-state index contributed by atoms with van der Waals surface area (Å²) in [5.41, 5.74) is 8.45. The maximum Gasteiger partial charge on any atom is 0.128 e. The van der Waals surface area contributed by atoms with E-state index in [9.17, 15) is 0 Å². The topological polar surface area (TPSA) is 79.6 Å². The summed E-state index contributed by atoms with van der Waals surface area (Å²) in [7, 11) is 0. The number of para-hydroxylation sites is 1. The summed E-state index contributed by atoms with van der Waals surface area (Å²) < 4.78 is 0.